The van der Waals surface area contributed by atoms with Crippen molar-refractivity contribution in [2.75, 3.05) is 13.2 Å². The maximum absolute atomic E-state index is 5.74. The molecule has 1 unspecified atom stereocenters. The molecule has 5 rings (SSSR count). The number of hydrogen-bond acceptors (Lipinski definition) is 2. The average molecular weight is 326 g/mol. The fourth-order valence-corrected chi connectivity index (χ4v) is 3.30. The first-order chi connectivity index (χ1) is 12.4. The fourth-order valence-electron chi connectivity index (χ4n) is 3.30. The van der Waals surface area contributed by atoms with Crippen molar-refractivity contribution in [1.29, 1.82) is 0 Å². The van der Waals surface area contributed by atoms with Gasteiger partial charge in [0.25, 0.3) is 0 Å². The highest BCUT2D eigenvalue weighted by atomic mass is 16.6. The summed E-state index contributed by atoms with van der Waals surface area (Å²) >= 11 is 0. The van der Waals surface area contributed by atoms with E-state index in [1.807, 2.05) is 12.1 Å². The zero-order chi connectivity index (χ0) is 16.6. The van der Waals surface area contributed by atoms with E-state index in [2.05, 4.69) is 66.7 Å². The highest BCUT2D eigenvalue weighted by Crippen LogP contribution is 2.32. The number of benzene rings is 4. The first kappa shape index (κ1) is 14.5. The van der Waals surface area contributed by atoms with Crippen molar-refractivity contribution >= 4 is 21.5 Å². The summed E-state index contributed by atoms with van der Waals surface area (Å²) in [7, 11) is 0. The molecule has 4 aromatic carbocycles. The molecule has 1 heterocycles. The second-order valence-electron chi connectivity index (χ2n) is 6.52. The summed E-state index contributed by atoms with van der Waals surface area (Å²) in [6.45, 7) is 1.46. The molecule has 1 fully saturated rings. The van der Waals surface area contributed by atoms with Gasteiger partial charge in [0.1, 0.15) is 18.5 Å². The lowest BCUT2D eigenvalue weighted by atomic mass is 9.95. The third-order valence-corrected chi connectivity index (χ3v) is 4.75. The second kappa shape index (κ2) is 5.91. The van der Waals surface area contributed by atoms with E-state index in [4.69, 9.17) is 9.47 Å². The topological polar surface area (TPSA) is 21.8 Å². The number of hydrogen-bond donors (Lipinski definition) is 0. The van der Waals surface area contributed by atoms with Crippen LogP contribution in [0.5, 0.6) is 5.75 Å². The average Bonchev–Trinajstić information content (AvgIpc) is 3.49. The van der Waals surface area contributed by atoms with Crippen molar-refractivity contribution < 1.29 is 9.47 Å². The van der Waals surface area contributed by atoms with Crippen LogP contribution >= 0.6 is 0 Å². The molecule has 0 radical (unpaired) electrons. The van der Waals surface area contributed by atoms with Gasteiger partial charge in [-0.05, 0) is 56.9 Å². The largest absolute Gasteiger partial charge is 0.491 e. The van der Waals surface area contributed by atoms with Crippen LogP contribution in [0.4, 0.5) is 0 Å². The summed E-state index contributed by atoms with van der Waals surface area (Å²) in [6, 6.07) is 27.9. The minimum absolute atomic E-state index is 0.283. The number of fused-ring (bicyclic) bond motifs is 2. The van der Waals surface area contributed by atoms with Gasteiger partial charge in [0.2, 0.25) is 0 Å². The first-order valence-electron chi connectivity index (χ1n) is 8.63. The zero-order valence-electron chi connectivity index (χ0n) is 13.8. The lowest BCUT2D eigenvalue weighted by molar-refractivity contribution is 0.263. The predicted octanol–water partition coefficient (Wildman–Crippen LogP) is 5.44. The highest BCUT2D eigenvalue weighted by molar-refractivity contribution is 6.04. The molecule has 25 heavy (non-hydrogen) atoms. The maximum atomic E-state index is 5.74. The van der Waals surface area contributed by atoms with Gasteiger partial charge in [-0.1, -0.05) is 54.6 Å². The van der Waals surface area contributed by atoms with Gasteiger partial charge in [0.15, 0.2) is 0 Å². The van der Waals surface area contributed by atoms with E-state index in [-0.39, 0.29) is 6.10 Å². The van der Waals surface area contributed by atoms with Crippen molar-refractivity contribution in [2.45, 2.75) is 6.10 Å². The maximum Gasteiger partial charge on any atom is 0.119 e. The van der Waals surface area contributed by atoms with Gasteiger partial charge in [-0.25, -0.2) is 0 Å². The van der Waals surface area contributed by atoms with Crippen LogP contribution in [0.2, 0.25) is 0 Å². The SMILES string of the molecule is c1ccc2cc3c(-c4ccc(OCC5CO5)cc4)cccc3cc2c1. The Balaban J connectivity index is 1.55. The van der Waals surface area contributed by atoms with Crippen LogP contribution in [-0.4, -0.2) is 19.3 Å². The highest BCUT2D eigenvalue weighted by Gasteiger charge is 2.22. The Kier molecular flexibility index (Phi) is 3.43. The van der Waals surface area contributed by atoms with Crippen molar-refractivity contribution in [3.05, 3.63) is 78.9 Å². The molecular weight excluding hydrogens is 308 g/mol. The summed E-state index contributed by atoms with van der Waals surface area (Å²) in [5.41, 5.74) is 2.45. The lowest BCUT2D eigenvalue weighted by Gasteiger charge is -2.10. The van der Waals surface area contributed by atoms with Crippen molar-refractivity contribution in [3.8, 4) is 16.9 Å². The molecule has 2 heteroatoms. The van der Waals surface area contributed by atoms with Crippen LogP contribution in [0.25, 0.3) is 32.7 Å². The number of epoxide rings is 1. The minimum Gasteiger partial charge on any atom is -0.491 e. The van der Waals surface area contributed by atoms with Gasteiger partial charge in [0, 0.05) is 0 Å². The van der Waals surface area contributed by atoms with Gasteiger partial charge in [-0.3, -0.25) is 0 Å². The van der Waals surface area contributed by atoms with Crippen LogP contribution in [0.3, 0.4) is 0 Å². The van der Waals surface area contributed by atoms with E-state index >= 15 is 0 Å². The van der Waals surface area contributed by atoms with E-state index in [0.29, 0.717) is 6.61 Å². The molecular formula is C23H18O2. The Labute approximate surface area is 146 Å². The Morgan fingerprint density at radius 2 is 1.52 bits per heavy atom. The molecule has 0 spiro atoms. The van der Waals surface area contributed by atoms with E-state index in [1.165, 1.54) is 32.7 Å². The van der Waals surface area contributed by atoms with Gasteiger partial charge in [0.05, 0.1) is 6.61 Å². The molecule has 4 aromatic rings. The summed E-state index contributed by atoms with van der Waals surface area (Å²) in [6.07, 6.45) is 0.283. The quantitative estimate of drug-likeness (QED) is 0.368. The van der Waals surface area contributed by atoms with Crippen LogP contribution in [0.15, 0.2) is 78.9 Å². The van der Waals surface area contributed by atoms with Crippen molar-refractivity contribution in [1.82, 2.24) is 0 Å². The standard InChI is InChI=1S/C23H18O2/c1-2-5-18-13-23-19(12-17(18)4-1)6-3-7-22(23)16-8-10-20(11-9-16)24-14-21-15-25-21/h1-13,21H,14-15H2. The molecule has 1 aliphatic heterocycles. The molecule has 0 aliphatic carbocycles. The molecule has 0 aromatic heterocycles. The van der Waals surface area contributed by atoms with Gasteiger partial charge in [-0.15, -0.1) is 0 Å². The van der Waals surface area contributed by atoms with Crippen LogP contribution in [0, 0.1) is 0 Å². The van der Waals surface area contributed by atoms with E-state index in [1.54, 1.807) is 0 Å². The van der Waals surface area contributed by atoms with Gasteiger partial charge < -0.3 is 9.47 Å². The van der Waals surface area contributed by atoms with Crippen molar-refractivity contribution in [2.24, 2.45) is 0 Å². The molecule has 122 valence electrons. The Morgan fingerprint density at radius 1 is 0.800 bits per heavy atom. The summed E-state index contributed by atoms with van der Waals surface area (Å²) in [4.78, 5) is 0. The summed E-state index contributed by atoms with van der Waals surface area (Å²) < 4.78 is 10.9. The number of ether oxygens (including phenoxy) is 2. The normalized spacial score (nSPS) is 16.2. The van der Waals surface area contributed by atoms with Crippen LogP contribution < -0.4 is 4.74 Å². The smallest absolute Gasteiger partial charge is 0.119 e. The molecule has 0 N–H and O–H groups in total. The zero-order valence-corrected chi connectivity index (χ0v) is 13.8. The first-order valence-corrected chi connectivity index (χ1v) is 8.63. The third kappa shape index (κ3) is 2.86. The minimum atomic E-state index is 0.283. The molecule has 1 saturated heterocycles. The van der Waals surface area contributed by atoms with Gasteiger partial charge >= 0.3 is 0 Å². The molecule has 2 nitrogen and oxygen atoms in total. The second-order valence-corrected chi connectivity index (χ2v) is 6.52. The predicted molar refractivity (Wildman–Crippen MR) is 102 cm³/mol. The van der Waals surface area contributed by atoms with E-state index in [0.717, 1.165) is 12.4 Å². The molecule has 0 amide bonds. The molecule has 1 aliphatic rings. The summed E-state index contributed by atoms with van der Waals surface area (Å²) in [5.74, 6) is 0.893. The van der Waals surface area contributed by atoms with Crippen molar-refractivity contribution in [3.63, 3.8) is 0 Å². The van der Waals surface area contributed by atoms with Crippen LogP contribution in [-0.2, 0) is 4.74 Å². The monoisotopic (exact) mass is 326 g/mol. The lowest BCUT2D eigenvalue weighted by Crippen LogP contribution is -2.03. The number of rotatable bonds is 4. The molecule has 0 bridgehead atoms. The fraction of sp³-hybridized carbons (Fsp3) is 0.130. The Morgan fingerprint density at radius 3 is 2.28 bits per heavy atom. The van der Waals surface area contributed by atoms with Gasteiger partial charge in [-0.2, -0.15) is 0 Å². The summed E-state index contributed by atoms with van der Waals surface area (Å²) in [5, 5.41) is 5.09. The third-order valence-electron chi connectivity index (χ3n) is 4.75. The Hall–Kier alpha value is -2.84. The Bertz CT molecular complexity index is 1050. The molecule has 0 saturated carbocycles. The van der Waals surface area contributed by atoms with E-state index in [9.17, 15) is 0 Å². The van der Waals surface area contributed by atoms with E-state index < -0.39 is 0 Å². The van der Waals surface area contributed by atoms with Crippen LogP contribution in [0.1, 0.15) is 0 Å². The molecule has 1 atom stereocenters.